The molecule has 1 aliphatic rings. The Balaban J connectivity index is 1.93. The maximum Gasteiger partial charge on any atom is 0.123 e. The number of rotatable bonds is 7. The highest BCUT2D eigenvalue weighted by molar-refractivity contribution is 5.37. The van der Waals surface area contributed by atoms with Gasteiger partial charge >= 0.3 is 0 Å². The lowest BCUT2D eigenvalue weighted by Gasteiger charge is -2.33. The van der Waals surface area contributed by atoms with Gasteiger partial charge in [-0.1, -0.05) is 39.0 Å². The van der Waals surface area contributed by atoms with E-state index in [4.69, 9.17) is 10.5 Å². The summed E-state index contributed by atoms with van der Waals surface area (Å²) in [4.78, 5) is 2.50. The van der Waals surface area contributed by atoms with Gasteiger partial charge in [-0.3, -0.25) is 4.90 Å². The van der Waals surface area contributed by atoms with Gasteiger partial charge in [0.2, 0.25) is 0 Å². The average molecular weight is 276 g/mol. The Morgan fingerprint density at radius 1 is 1.35 bits per heavy atom. The summed E-state index contributed by atoms with van der Waals surface area (Å²) in [6.07, 6.45) is 2.48. The fourth-order valence-electron chi connectivity index (χ4n) is 2.86. The van der Waals surface area contributed by atoms with Crippen molar-refractivity contribution < 1.29 is 4.74 Å². The summed E-state index contributed by atoms with van der Waals surface area (Å²) in [5.74, 6) is 1.06. The Morgan fingerprint density at radius 2 is 2.10 bits per heavy atom. The van der Waals surface area contributed by atoms with Crippen LogP contribution in [0, 0.1) is 5.41 Å². The van der Waals surface area contributed by atoms with Crippen LogP contribution in [0.15, 0.2) is 24.3 Å². The number of fused-ring (bicyclic) bond motifs is 1. The van der Waals surface area contributed by atoms with Crippen LogP contribution in [0.5, 0.6) is 5.75 Å². The van der Waals surface area contributed by atoms with Crippen molar-refractivity contribution in [3.63, 3.8) is 0 Å². The van der Waals surface area contributed by atoms with E-state index < -0.39 is 0 Å². The molecule has 2 rings (SSSR count). The molecule has 0 aromatic heterocycles. The van der Waals surface area contributed by atoms with Gasteiger partial charge in [0.1, 0.15) is 11.9 Å². The van der Waals surface area contributed by atoms with Gasteiger partial charge in [0.05, 0.1) is 0 Å². The molecule has 1 heterocycles. The van der Waals surface area contributed by atoms with E-state index in [2.05, 4.69) is 43.9 Å². The number of nitrogens with two attached hydrogens (primary N) is 1. The van der Waals surface area contributed by atoms with Crippen LogP contribution < -0.4 is 10.5 Å². The molecular formula is C17H28N2O. The fourth-order valence-corrected chi connectivity index (χ4v) is 2.86. The Labute approximate surface area is 123 Å². The lowest BCUT2D eigenvalue weighted by molar-refractivity contribution is 0.117. The van der Waals surface area contributed by atoms with E-state index >= 15 is 0 Å². The van der Waals surface area contributed by atoms with Crippen molar-refractivity contribution >= 4 is 0 Å². The zero-order valence-corrected chi connectivity index (χ0v) is 13.1. The zero-order chi connectivity index (χ0) is 14.6. The van der Waals surface area contributed by atoms with Gasteiger partial charge in [-0.15, -0.1) is 0 Å². The zero-order valence-electron chi connectivity index (χ0n) is 13.1. The van der Waals surface area contributed by atoms with E-state index in [1.54, 1.807) is 0 Å². The predicted octanol–water partition coefficient (Wildman–Crippen LogP) is 2.69. The molecule has 0 aliphatic carbocycles. The Bertz CT molecular complexity index is 406. The van der Waals surface area contributed by atoms with E-state index in [0.29, 0.717) is 0 Å². The molecular weight excluding hydrogens is 248 g/mol. The van der Waals surface area contributed by atoms with Gasteiger partial charge in [-0.2, -0.15) is 0 Å². The maximum atomic E-state index is 6.06. The van der Waals surface area contributed by atoms with E-state index in [-0.39, 0.29) is 11.5 Å². The first-order valence-electron chi connectivity index (χ1n) is 7.71. The number of para-hydroxylation sites is 1. The summed E-state index contributed by atoms with van der Waals surface area (Å²) < 4.78 is 6.06. The first-order valence-corrected chi connectivity index (χ1v) is 7.71. The second kappa shape index (κ2) is 6.59. The summed E-state index contributed by atoms with van der Waals surface area (Å²) in [6, 6.07) is 8.38. The first kappa shape index (κ1) is 15.3. The SMILES string of the molecule is CCCN(CC1Cc2ccccc2O1)CC(C)(C)CN. The molecule has 0 radical (unpaired) electrons. The predicted molar refractivity (Wildman–Crippen MR) is 84.1 cm³/mol. The molecule has 1 aromatic rings. The number of hydrogen-bond donors (Lipinski definition) is 1. The lowest BCUT2D eigenvalue weighted by atomic mass is 9.93. The lowest BCUT2D eigenvalue weighted by Crippen LogP contribution is -2.43. The van der Waals surface area contributed by atoms with Crippen molar-refractivity contribution in [3.8, 4) is 5.75 Å². The van der Waals surface area contributed by atoms with Crippen molar-refractivity contribution in [3.05, 3.63) is 29.8 Å². The molecule has 0 bridgehead atoms. The summed E-state index contributed by atoms with van der Waals surface area (Å²) in [7, 11) is 0. The quantitative estimate of drug-likeness (QED) is 0.832. The third-order valence-electron chi connectivity index (χ3n) is 3.92. The molecule has 20 heavy (non-hydrogen) atoms. The molecule has 112 valence electrons. The highest BCUT2D eigenvalue weighted by Crippen LogP contribution is 2.29. The van der Waals surface area contributed by atoms with Crippen LogP contribution in [0.3, 0.4) is 0 Å². The van der Waals surface area contributed by atoms with Crippen LogP contribution in [-0.4, -0.2) is 37.2 Å². The van der Waals surface area contributed by atoms with Crippen LogP contribution in [0.25, 0.3) is 0 Å². The molecule has 0 saturated heterocycles. The van der Waals surface area contributed by atoms with Crippen LogP contribution in [0.2, 0.25) is 0 Å². The standard InChI is InChI=1S/C17H28N2O/c1-4-9-19(13-17(2,3)12-18)11-15-10-14-7-5-6-8-16(14)20-15/h5-8,15H,4,9-13,18H2,1-3H3. The monoisotopic (exact) mass is 276 g/mol. The van der Waals surface area contributed by atoms with Gasteiger partial charge in [0.25, 0.3) is 0 Å². The molecule has 1 aliphatic heterocycles. The minimum Gasteiger partial charge on any atom is -0.488 e. The van der Waals surface area contributed by atoms with Crippen molar-refractivity contribution in [1.82, 2.24) is 4.90 Å². The summed E-state index contributed by atoms with van der Waals surface area (Å²) in [5.41, 5.74) is 7.38. The average Bonchev–Trinajstić information content (AvgIpc) is 2.80. The van der Waals surface area contributed by atoms with Gasteiger partial charge < -0.3 is 10.5 Å². The second-order valence-corrected chi connectivity index (χ2v) is 6.66. The molecule has 1 aromatic carbocycles. The van der Waals surface area contributed by atoms with Crippen LogP contribution in [0.1, 0.15) is 32.8 Å². The molecule has 1 unspecified atom stereocenters. The molecule has 0 spiro atoms. The first-order chi connectivity index (χ1) is 9.54. The summed E-state index contributed by atoms with van der Waals surface area (Å²) in [5, 5.41) is 0. The van der Waals surface area contributed by atoms with Crippen LogP contribution in [-0.2, 0) is 6.42 Å². The van der Waals surface area contributed by atoms with Gasteiger partial charge in [-0.25, -0.2) is 0 Å². The van der Waals surface area contributed by atoms with Crippen LogP contribution >= 0.6 is 0 Å². The smallest absolute Gasteiger partial charge is 0.123 e. The third-order valence-corrected chi connectivity index (χ3v) is 3.92. The van der Waals surface area contributed by atoms with Gasteiger partial charge in [0.15, 0.2) is 0 Å². The normalized spacial score (nSPS) is 18.1. The number of benzene rings is 1. The van der Waals surface area contributed by atoms with E-state index in [1.165, 1.54) is 12.0 Å². The number of ether oxygens (including phenoxy) is 1. The highest BCUT2D eigenvalue weighted by Gasteiger charge is 2.27. The summed E-state index contributed by atoms with van der Waals surface area (Å²) >= 11 is 0. The molecule has 1 atom stereocenters. The van der Waals surface area contributed by atoms with E-state index in [9.17, 15) is 0 Å². The van der Waals surface area contributed by atoms with Crippen molar-refractivity contribution in [1.29, 1.82) is 0 Å². The molecule has 0 saturated carbocycles. The minimum atomic E-state index is 0.167. The Morgan fingerprint density at radius 3 is 2.75 bits per heavy atom. The van der Waals surface area contributed by atoms with Crippen LogP contribution in [0.4, 0.5) is 0 Å². The van der Waals surface area contributed by atoms with Crippen molar-refractivity contribution in [2.24, 2.45) is 11.1 Å². The van der Waals surface area contributed by atoms with Gasteiger partial charge in [-0.05, 0) is 36.6 Å². The number of nitrogens with zero attached hydrogens (tertiary/aromatic N) is 1. The minimum absolute atomic E-state index is 0.167. The fraction of sp³-hybridized carbons (Fsp3) is 0.647. The largest absolute Gasteiger partial charge is 0.488 e. The molecule has 3 nitrogen and oxygen atoms in total. The Hall–Kier alpha value is -1.06. The second-order valence-electron chi connectivity index (χ2n) is 6.66. The maximum absolute atomic E-state index is 6.06. The molecule has 2 N–H and O–H groups in total. The Kier molecular flexibility index (Phi) is 5.06. The topological polar surface area (TPSA) is 38.5 Å². The van der Waals surface area contributed by atoms with Crippen molar-refractivity contribution in [2.75, 3.05) is 26.2 Å². The van der Waals surface area contributed by atoms with E-state index in [0.717, 1.165) is 38.3 Å². The van der Waals surface area contributed by atoms with E-state index in [1.807, 2.05) is 6.07 Å². The molecule has 0 amide bonds. The number of hydrogen-bond acceptors (Lipinski definition) is 3. The molecule has 3 heteroatoms. The highest BCUT2D eigenvalue weighted by atomic mass is 16.5. The third kappa shape index (κ3) is 3.97. The van der Waals surface area contributed by atoms with Gasteiger partial charge in [0, 0.05) is 19.5 Å². The van der Waals surface area contributed by atoms with Crippen molar-refractivity contribution in [2.45, 2.75) is 39.7 Å². The molecule has 0 fully saturated rings. The summed E-state index contributed by atoms with van der Waals surface area (Å²) in [6.45, 7) is 10.6.